The summed E-state index contributed by atoms with van der Waals surface area (Å²) in [5, 5.41) is 8.88. The van der Waals surface area contributed by atoms with Crippen molar-refractivity contribution in [3.8, 4) is 6.07 Å². The van der Waals surface area contributed by atoms with Crippen LogP contribution in [0.1, 0.15) is 15.9 Å². The van der Waals surface area contributed by atoms with Gasteiger partial charge in [0.1, 0.15) is 28.6 Å². The number of aldehydes is 1. The summed E-state index contributed by atoms with van der Waals surface area (Å²) < 4.78 is 40.1. The summed E-state index contributed by atoms with van der Waals surface area (Å²) in [6, 6.07) is 10.6. The van der Waals surface area contributed by atoms with Gasteiger partial charge >= 0.3 is 0 Å². The lowest BCUT2D eigenvalue weighted by molar-refractivity contribution is 0.112. The number of rotatable bonds is 4. The molecule has 0 radical (unpaired) electrons. The standard InChI is InChI=1S/C14H9FN2O3S/c15-13-5-2-6-14(12(13)8-16)21(19,20)17-11-4-1-3-10(7-11)9-18/h1-7,9,17H. The average Bonchev–Trinajstić information content (AvgIpc) is 2.46. The van der Waals surface area contributed by atoms with E-state index < -0.39 is 26.3 Å². The monoisotopic (exact) mass is 304 g/mol. The van der Waals surface area contributed by atoms with E-state index >= 15 is 0 Å². The molecule has 5 nitrogen and oxygen atoms in total. The van der Waals surface area contributed by atoms with Crippen molar-refractivity contribution in [3.05, 3.63) is 59.4 Å². The van der Waals surface area contributed by atoms with Gasteiger partial charge in [-0.2, -0.15) is 5.26 Å². The predicted molar refractivity (Wildman–Crippen MR) is 73.8 cm³/mol. The molecule has 2 aromatic rings. The maximum absolute atomic E-state index is 13.5. The van der Waals surface area contributed by atoms with Crippen LogP contribution >= 0.6 is 0 Å². The number of sulfonamides is 1. The number of nitriles is 1. The lowest BCUT2D eigenvalue weighted by atomic mass is 10.2. The SMILES string of the molecule is N#Cc1c(F)cccc1S(=O)(=O)Nc1cccc(C=O)c1. The van der Waals surface area contributed by atoms with Crippen LogP contribution in [0.4, 0.5) is 10.1 Å². The largest absolute Gasteiger partial charge is 0.298 e. The van der Waals surface area contributed by atoms with E-state index in [9.17, 15) is 17.6 Å². The minimum absolute atomic E-state index is 0.146. The number of nitrogens with one attached hydrogen (secondary N) is 1. The summed E-state index contributed by atoms with van der Waals surface area (Å²) >= 11 is 0. The number of hydrogen-bond acceptors (Lipinski definition) is 4. The Hall–Kier alpha value is -2.72. The maximum Gasteiger partial charge on any atom is 0.263 e. The van der Waals surface area contributed by atoms with E-state index in [1.54, 1.807) is 0 Å². The van der Waals surface area contributed by atoms with E-state index in [0.717, 1.165) is 12.1 Å². The van der Waals surface area contributed by atoms with E-state index in [1.807, 2.05) is 0 Å². The highest BCUT2D eigenvalue weighted by molar-refractivity contribution is 7.92. The predicted octanol–water partition coefficient (Wildman–Crippen LogP) is 2.31. The Morgan fingerprint density at radius 3 is 2.57 bits per heavy atom. The lowest BCUT2D eigenvalue weighted by Gasteiger charge is -2.10. The molecule has 0 bridgehead atoms. The molecule has 0 aromatic heterocycles. The first-order valence-corrected chi connectivity index (χ1v) is 7.23. The van der Waals surface area contributed by atoms with Crippen LogP contribution < -0.4 is 4.72 Å². The van der Waals surface area contributed by atoms with Crippen molar-refractivity contribution >= 4 is 22.0 Å². The molecule has 0 aliphatic carbocycles. The van der Waals surface area contributed by atoms with Crippen LogP contribution in [0.15, 0.2) is 47.4 Å². The minimum Gasteiger partial charge on any atom is -0.298 e. The molecule has 7 heteroatoms. The molecule has 106 valence electrons. The Morgan fingerprint density at radius 2 is 1.90 bits per heavy atom. The van der Waals surface area contributed by atoms with Gasteiger partial charge in [-0.1, -0.05) is 18.2 Å². The van der Waals surface area contributed by atoms with Gasteiger partial charge < -0.3 is 0 Å². The number of anilines is 1. The molecule has 0 fully saturated rings. The molecule has 0 aliphatic rings. The number of carbonyl (C=O) groups excluding carboxylic acids is 1. The first-order chi connectivity index (χ1) is 9.97. The van der Waals surface area contributed by atoms with Crippen molar-refractivity contribution in [2.75, 3.05) is 4.72 Å². The Morgan fingerprint density at radius 1 is 1.19 bits per heavy atom. The molecular formula is C14H9FN2O3S. The van der Waals surface area contributed by atoms with Crippen LogP contribution in [0.2, 0.25) is 0 Å². The zero-order valence-electron chi connectivity index (χ0n) is 10.6. The lowest BCUT2D eigenvalue weighted by Crippen LogP contribution is -2.15. The Bertz CT molecular complexity index is 842. The van der Waals surface area contributed by atoms with Crippen molar-refractivity contribution in [2.24, 2.45) is 0 Å². The van der Waals surface area contributed by atoms with E-state index in [4.69, 9.17) is 5.26 Å². The first-order valence-electron chi connectivity index (χ1n) is 5.74. The number of nitrogens with zero attached hydrogens (tertiary/aromatic N) is 1. The summed E-state index contributed by atoms with van der Waals surface area (Å²) in [7, 11) is -4.13. The third-order valence-electron chi connectivity index (χ3n) is 2.65. The van der Waals surface area contributed by atoms with Crippen molar-refractivity contribution < 1.29 is 17.6 Å². The average molecular weight is 304 g/mol. The summed E-state index contributed by atoms with van der Waals surface area (Å²) in [5.74, 6) is -0.915. The molecule has 0 heterocycles. The quantitative estimate of drug-likeness (QED) is 0.878. The van der Waals surface area contributed by atoms with Crippen molar-refractivity contribution in [3.63, 3.8) is 0 Å². The number of benzene rings is 2. The molecule has 21 heavy (non-hydrogen) atoms. The maximum atomic E-state index is 13.5. The van der Waals surface area contributed by atoms with Gasteiger partial charge in [0.15, 0.2) is 0 Å². The summed E-state index contributed by atoms with van der Waals surface area (Å²) in [6.07, 6.45) is 0.570. The van der Waals surface area contributed by atoms with E-state index in [-0.39, 0.29) is 11.3 Å². The molecule has 2 aromatic carbocycles. The van der Waals surface area contributed by atoms with Gasteiger partial charge in [0, 0.05) is 11.3 Å². The van der Waals surface area contributed by atoms with Gasteiger partial charge in [0.05, 0.1) is 0 Å². The smallest absolute Gasteiger partial charge is 0.263 e. The Labute approximate surface area is 120 Å². The normalized spacial score (nSPS) is 10.7. The minimum atomic E-state index is -4.13. The van der Waals surface area contributed by atoms with Gasteiger partial charge in [0.2, 0.25) is 0 Å². The van der Waals surface area contributed by atoms with E-state index in [2.05, 4.69) is 4.72 Å². The Kier molecular flexibility index (Phi) is 4.00. The molecule has 0 saturated carbocycles. The van der Waals surface area contributed by atoms with Gasteiger partial charge in [0.25, 0.3) is 10.0 Å². The highest BCUT2D eigenvalue weighted by atomic mass is 32.2. The van der Waals surface area contributed by atoms with Crippen LogP contribution in [0.3, 0.4) is 0 Å². The highest BCUT2D eigenvalue weighted by Crippen LogP contribution is 2.21. The molecule has 1 N–H and O–H groups in total. The molecule has 0 atom stereocenters. The summed E-state index contributed by atoms with van der Waals surface area (Å²) in [5.41, 5.74) is -0.126. The summed E-state index contributed by atoms with van der Waals surface area (Å²) in [4.78, 5) is 10.2. The fourth-order valence-electron chi connectivity index (χ4n) is 1.72. The number of halogens is 1. The molecule has 2 rings (SSSR count). The van der Waals surface area contributed by atoms with Crippen LogP contribution in [0, 0.1) is 17.1 Å². The molecule has 0 aliphatic heterocycles. The molecular weight excluding hydrogens is 295 g/mol. The van der Waals surface area contributed by atoms with Crippen LogP contribution in [-0.4, -0.2) is 14.7 Å². The molecule has 0 spiro atoms. The van der Waals surface area contributed by atoms with Crippen LogP contribution in [0.5, 0.6) is 0 Å². The third kappa shape index (κ3) is 3.07. The summed E-state index contributed by atoms with van der Waals surface area (Å²) in [6.45, 7) is 0. The highest BCUT2D eigenvalue weighted by Gasteiger charge is 2.21. The zero-order valence-corrected chi connectivity index (χ0v) is 11.4. The van der Waals surface area contributed by atoms with Gasteiger partial charge in [-0.05, 0) is 24.3 Å². The number of hydrogen-bond donors (Lipinski definition) is 1. The van der Waals surface area contributed by atoms with E-state index in [1.165, 1.54) is 36.4 Å². The Balaban J connectivity index is 2.46. The second-order valence-corrected chi connectivity index (χ2v) is 5.72. The van der Waals surface area contributed by atoms with Crippen molar-refractivity contribution in [1.82, 2.24) is 0 Å². The molecule has 0 unspecified atom stereocenters. The molecule has 0 amide bonds. The zero-order chi connectivity index (χ0) is 15.5. The molecule has 0 saturated heterocycles. The van der Waals surface area contributed by atoms with Gasteiger partial charge in [-0.3, -0.25) is 9.52 Å². The second kappa shape index (κ2) is 5.73. The first kappa shape index (κ1) is 14.7. The fraction of sp³-hybridized carbons (Fsp3) is 0. The van der Waals surface area contributed by atoms with Crippen molar-refractivity contribution in [2.45, 2.75) is 4.90 Å². The third-order valence-corrected chi connectivity index (χ3v) is 4.08. The van der Waals surface area contributed by atoms with Crippen LogP contribution in [0.25, 0.3) is 0 Å². The van der Waals surface area contributed by atoms with Gasteiger partial charge in [-0.25, -0.2) is 12.8 Å². The fourth-order valence-corrected chi connectivity index (χ4v) is 2.94. The van der Waals surface area contributed by atoms with Crippen LogP contribution in [-0.2, 0) is 10.0 Å². The van der Waals surface area contributed by atoms with Gasteiger partial charge in [-0.15, -0.1) is 0 Å². The van der Waals surface area contributed by atoms with E-state index in [0.29, 0.717) is 6.29 Å². The topological polar surface area (TPSA) is 87.0 Å². The van der Waals surface area contributed by atoms with Crippen molar-refractivity contribution in [1.29, 1.82) is 5.26 Å². The second-order valence-electron chi connectivity index (χ2n) is 4.07. The number of carbonyl (C=O) groups is 1.